The first-order valence-electron chi connectivity index (χ1n) is 8.73. The Hall–Kier alpha value is -3.62. The number of benzene rings is 2. The van der Waals surface area contributed by atoms with Crippen molar-refractivity contribution in [1.82, 2.24) is 25.5 Å². The summed E-state index contributed by atoms with van der Waals surface area (Å²) in [7, 11) is 1.60. The zero-order valence-electron chi connectivity index (χ0n) is 15.7. The highest BCUT2D eigenvalue weighted by Crippen LogP contribution is 2.17. The summed E-state index contributed by atoms with van der Waals surface area (Å²) in [4.78, 5) is 12.1. The van der Waals surface area contributed by atoms with Gasteiger partial charge in [0.25, 0.3) is 5.91 Å². The van der Waals surface area contributed by atoms with Crippen LogP contribution in [0.1, 0.15) is 12.7 Å². The van der Waals surface area contributed by atoms with Gasteiger partial charge in [-0.2, -0.15) is 4.68 Å². The monoisotopic (exact) mass is 383 g/mol. The largest absolute Gasteiger partial charge is 0.497 e. The van der Waals surface area contributed by atoms with Gasteiger partial charge in [0.05, 0.1) is 25.9 Å². The summed E-state index contributed by atoms with van der Waals surface area (Å²) in [5.41, 5.74) is 0.765. The van der Waals surface area contributed by atoms with Crippen molar-refractivity contribution < 1.29 is 19.0 Å². The highest BCUT2D eigenvalue weighted by molar-refractivity contribution is 5.77. The van der Waals surface area contributed by atoms with E-state index in [2.05, 4.69) is 20.8 Å². The molecule has 0 atom stereocenters. The van der Waals surface area contributed by atoms with Crippen LogP contribution in [0.25, 0.3) is 5.69 Å². The molecule has 0 aliphatic carbocycles. The number of amides is 1. The SMILES string of the molecule is CCOc1ccc(OCC(=O)NCc2nnnn2-c2ccc(OC)cc2)cc1. The molecule has 1 N–H and O–H groups in total. The van der Waals surface area contributed by atoms with Crippen LogP contribution in [0.3, 0.4) is 0 Å². The van der Waals surface area contributed by atoms with Gasteiger partial charge in [0.15, 0.2) is 12.4 Å². The number of ether oxygens (including phenoxy) is 3. The summed E-state index contributed by atoms with van der Waals surface area (Å²) in [6, 6.07) is 14.4. The van der Waals surface area contributed by atoms with Gasteiger partial charge < -0.3 is 19.5 Å². The molecule has 0 fully saturated rings. The van der Waals surface area contributed by atoms with E-state index < -0.39 is 0 Å². The van der Waals surface area contributed by atoms with E-state index in [1.165, 1.54) is 0 Å². The average Bonchev–Trinajstić information content (AvgIpc) is 3.20. The van der Waals surface area contributed by atoms with Crippen LogP contribution in [0.2, 0.25) is 0 Å². The van der Waals surface area contributed by atoms with Crippen LogP contribution in [0.5, 0.6) is 17.2 Å². The number of hydrogen-bond donors (Lipinski definition) is 1. The third kappa shape index (κ3) is 4.97. The van der Waals surface area contributed by atoms with Crippen LogP contribution < -0.4 is 19.5 Å². The quantitative estimate of drug-likeness (QED) is 0.601. The molecule has 28 heavy (non-hydrogen) atoms. The Bertz CT molecular complexity index is 893. The van der Waals surface area contributed by atoms with Gasteiger partial charge in [-0.3, -0.25) is 4.79 Å². The second-order valence-electron chi connectivity index (χ2n) is 5.67. The highest BCUT2D eigenvalue weighted by Gasteiger charge is 2.10. The first-order valence-corrected chi connectivity index (χ1v) is 8.73. The molecule has 2 aromatic carbocycles. The first-order chi connectivity index (χ1) is 13.7. The van der Waals surface area contributed by atoms with Crippen LogP contribution in [-0.4, -0.2) is 46.4 Å². The maximum atomic E-state index is 12.1. The van der Waals surface area contributed by atoms with Crippen molar-refractivity contribution in [2.24, 2.45) is 0 Å². The van der Waals surface area contributed by atoms with Crippen molar-refractivity contribution in [3.05, 3.63) is 54.4 Å². The molecule has 0 aliphatic heterocycles. The van der Waals surface area contributed by atoms with Gasteiger partial charge in [-0.1, -0.05) is 0 Å². The number of nitrogens with one attached hydrogen (secondary N) is 1. The van der Waals surface area contributed by atoms with E-state index in [0.717, 1.165) is 17.2 Å². The number of tetrazole rings is 1. The van der Waals surface area contributed by atoms with E-state index in [1.807, 2.05) is 31.2 Å². The van der Waals surface area contributed by atoms with Gasteiger partial charge in [0.2, 0.25) is 0 Å². The van der Waals surface area contributed by atoms with Gasteiger partial charge in [0.1, 0.15) is 17.2 Å². The van der Waals surface area contributed by atoms with Crippen LogP contribution in [0, 0.1) is 0 Å². The second-order valence-corrected chi connectivity index (χ2v) is 5.67. The lowest BCUT2D eigenvalue weighted by Gasteiger charge is -2.09. The molecule has 0 radical (unpaired) electrons. The zero-order valence-corrected chi connectivity index (χ0v) is 15.7. The fraction of sp³-hybridized carbons (Fsp3) is 0.263. The van der Waals surface area contributed by atoms with E-state index in [-0.39, 0.29) is 19.1 Å². The Morgan fingerprint density at radius 2 is 1.64 bits per heavy atom. The molecular formula is C19H21N5O4. The number of hydrogen-bond acceptors (Lipinski definition) is 7. The zero-order chi connectivity index (χ0) is 19.8. The molecule has 1 amide bonds. The molecule has 0 saturated heterocycles. The number of rotatable bonds is 9. The molecule has 146 valence electrons. The maximum absolute atomic E-state index is 12.1. The fourth-order valence-corrected chi connectivity index (χ4v) is 2.42. The number of aromatic nitrogens is 4. The summed E-state index contributed by atoms with van der Waals surface area (Å²) in [6.07, 6.45) is 0. The van der Waals surface area contributed by atoms with E-state index in [1.54, 1.807) is 36.1 Å². The molecule has 3 aromatic rings. The van der Waals surface area contributed by atoms with Gasteiger partial charge in [-0.15, -0.1) is 5.10 Å². The van der Waals surface area contributed by atoms with Gasteiger partial charge in [-0.25, -0.2) is 0 Å². The molecule has 1 aromatic heterocycles. The van der Waals surface area contributed by atoms with Crippen LogP contribution >= 0.6 is 0 Å². The topological polar surface area (TPSA) is 100 Å². The number of carbonyl (C=O) groups excluding carboxylic acids is 1. The predicted molar refractivity (Wildman–Crippen MR) is 101 cm³/mol. The summed E-state index contributed by atoms with van der Waals surface area (Å²) in [6.45, 7) is 2.57. The molecule has 3 rings (SSSR count). The molecule has 1 heterocycles. The molecule has 0 unspecified atom stereocenters. The number of methoxy groups -OCH3 is 1. The van der Waals surface area contributed by atoms with Crippen molar-refractivity contribution in [3.63, 3.8) is 0 Å². The standard InChI is InChI=1S/C19H21N5O4/c1-3-27-16-8-10-17(11-9-16)28-13-19(25)20-12-18-21-22-23-24(18)14-4-6-15(26-2)7-5-14/h4-11H,3,12-13H2,1-2H3,(H,20,25). The Kier molecular flexibility index (Phi) is 6.40. The second kappa shape index (κ2) is 9.36. The lowest BCUT2D eigenvalue weighted by Crippen LogP contribution is -2.29. The fourth-order valence-electron chi connectivity index (χ4n) is 2.42. The lowest BCUT2D eigenvalue weighted by atomic mass is 10.3. The minimum atomic E-state index is -0.279. The van der Waals surface area contributed by atoms with E-state index >= 15 is 0 Å². The van der Waals surface area contributed by atoms with E-state index in [0.29, 0.717) is 18.2 Å². The molecular weight excluding hydrogens is 362 g/mol. The summed E-state index contributed by atoms with van der Waals surface area (Å²) >= 11 is 0. The predicted octanol–water partition coefficient (Wildman–Crippen LogP) is 1.76. The molecule has 9 heteroatoms. The van der Waals surface area contributed by atoms with Crippen molar-refractivity contribution in [2.75, 3.05) is 20.3 Å². The Morgan fingerprint density at radius 3 is 2.29 bits per heavy atom. The number of carbonyl (C=O) groups is 1. The minimum absolute atomic E-state index is 0.113. The minimum Gasteiger partial charge on any atom is -0.497 e. The van der Waals surface area contributed by atoms with Crippen LogP contribution in [0.15, 0.2) is 48.5 Å². The molecule has 0 spiro atoms. The lowest BCUT2D eigenvalue weighted by molar-refractivity contribution is -0.123. The summed E-state index contributed by atoms with van der Waals surface area (Å²) < 4.78 is 17.5. The van der Waals surface area contributed by atoms with Crippen molar-refractivity contribution >= 4 is 5.91 Å². The van der Waals surface area contributed by atoms with E-state index in [9.17, 15) is 4.79 Å². The summed E-state index contributed by atoms with van der Waals surface area (Å²) in [5, 5.41) is 14.3. The third-order valence-corrected chi connectivity index (χ3v) is 3.80. The normalized spacial score (nSPS) is 10.4. The van der Waals surface area contributed by atoms with Crippen molar-refractivity contribution in [1.29, 1.82) is 0 Å². The third-order valence-electron chi connectivity index (χ3n) is 3.80. The molecule has 0 aliphatic rings. The van der Waals surface area contributed by atoms with Gasteiger partial charge >= 0.3 is 0 Å². The highest BCUT2D eigenvalue weighted by atomic mass is 16.5. The Labute approximate surface area is 162 Å². The van der Waals surface area contributed by atoms with Crippen molar-refractivity contribution in [3.8, 4) is 22.9 Å². The molecule has 0 bridgehead atoms. The first kappa shape index (κ1) is 19.2. The van der Waals surface area contributed by atoms with Crippen LogP contribution in [-0.2, 0) is 11.3 Å². The Balaban J connectivity index is 1.51. The van der Waals surface area contributed by atoms with E-state index in [4.69, 9.17) is 14.2 Å². The Morgan fingerprint density at radius 1 is 1.00 bits per heavy atom. The van der Waals surface area contributed by atoms with Crippen LogP contribution in [0.4, 0.5) is 0 Å². The number of nitrogens with zero attached hydrogens (tertiary/aromatic N) is 4. The molecule has 0 saturated carbocycles. The smallest absolute Gasteiger partial charge is 0.258 e. The van der Waals surface area contributed by atoms with Crippen molar-refractivity contribution in [2.45, 2.75) is 13.5 Å². The van der Waals surface area contributed by atoms with Gasteiger partial charge in [0, 0.05) is 0 Å². The molecule has 9 nitrogen and oxygen atoms in total. The summed E-state index contributed by atoms with van der Waals surface area (Å²) in [5.74, 6) is 2.29. The average molecular weight is 383 g/mol. The van der Waals surface area contributed by atoms with Gasteiger partial charge in [-0.05, 0) is 65.9 Å². The maximum Gasteiger partial charge on any atom is 0.258 e.